The van der Waals surface area contributed by atoms with Crippen LogP contribution in [0.3, 0.4) is 0 Å². The standard InChI is InChI=1S/C18H18F3N3O3/c1-9-4-11(18(19,20)21)6-14(25)16(9)12-5-10-2-3-24(17(10)23-22-12)13-7-27-8-15(13)26/h4-6,13,15,25-26H,2-3,7-8H2,1H3/t13-,15-/m1/s1. The number of ether oxygens (including phenoxy) is 1. The Bertz CT molecular complexity index is 865. The van der Waals surface area contributed by atoms with Crippen LogP contribution in [0.1, 0.15) is 16.7 Å². The predicted octanol–water partition coefficient (Wildman–Crippen LogP) is 2.30. The molecule has 0 radical (unpaired) electrons. The molecule has 2 aliphatic heterocycles. The lowest BCUT2D eigenvalue weighted by Gasteiger charge is -2.26. The van der Waals surface area contributed by atoms with Gasteiger partial charge in [-0.05, 0) is 37.1 Å². The van der Waals surface area contributed by atoms with Gasteiger partial charge in [-0.15, -0.1) is 10.2 Å². The second-order valence-corrected chi connectivity index (χ2v) is 6.88. The number of benzene rings is 1. The maximum Gasteiger partial charge on any atom is 0.416 e. The Kier molecular flexibility index (Phi) is 4.23. The molecule has 0 saturated carbocycles. The molecule has 27 heavy (non-hydrogen) atoms. The maximum absolute atomic E-state index is 12.9. The first-order chi connectivity index (χ1) is 12.8. The zero-order chi connectivity index (χ0) is 19.3. The number of hydrogen-bond donors (Lipinski definition) is 2. The first kappa shape index (κ1) is 18.0. The monoisotopic (exact) mass is 381 g/mol. The van der Waals surface area contributed by atoms with E-state index < -0.39 is 23.6 Å². The van der Waals surface area contributed by atoms with E-state index in [0.717, 1.165) is 11.6 Å². The molecule has 0 spiro atoms. The third-order valence-electron chi connectivity index (χ3n) is 5.06. The average molecular weight is 381 g/mol. The van der Waals surface area contributed by atoms with Crippen molar-refractivity contribution in [3.63, 3.8) is 0 Å². The van der Waals surface area contributed by atoms with Crippen molar-refractivity contribution in [2.75, 3.05) is 24.7 Å². The van der Waals surface area contributed by atoms with Crippen LogP contribution in [0.25, 0.3) is 11.3 Å². The molecule has 9 heteroatoms. The van der Waals surface area contributed by atoms with E-state index in [0.29, 0.717) is 37.2 Å². The summed E-state index contributed by atoms with van der Waals surface area (Å²) in [5.41, 5.74) is 0.795. The Morgan fingerprint density at radius 2 is 1.96 bits per heavy atom. The summed E-state index contributed by atoms with van der Waals surface area (Å²) in [6.45, 7) is 2.83. The van der Waals surface area contributed by atoms with Gasteiger partial charge in [0, 0.05) is 17.7 Å². The highest BCUT2D eigenvalue weighted by Crippen LogP contribution is 2.40. The molecule has 6 nitrogen and oxygen atoms in total. The lowest BCUT2D eigenvalue weighted by atomic mass is 9.99. The summed E-state index contributed by atoms with van der Waals surface area (Å²) in [5.74, 6) is 0.156. The van der Waals surface area contributed by atoms with Crippen LogP contribution >= 0.6 is 0 Å². The smallest absolute Gasteiger partial charge is 0.416 e. The van der Waals surface area contributed by atoms with E-state index in [2.05, 4.69) is 10.2 Å². The van der Waals surface area contributed by atoms with Crippen LogP contribution < -0.4 is 4.90 Å². The normalized spacial score (nSPS) is 22.3. The number of anilines is 1. The number of hydrogen-bond acceptors (Lipinski definition) is 6. The van der Waals surface area contributed by atoms with Crippen molar-refractivity contribution in [2.45, 2.75) is 31.7 Å². The van der Waals surface area contributed by atoms with Gasteiger partial charge < -0.3 is 19.8 Å². The van der Waals surface area contributed by atoms with Gasteiger partial charge in [0.05, 0.1) is 36.6 Å². The number of aromatic nitrogens is 2. The van der Waals surface area contributed by atoms with E-state index in [1.54, 1.807) is 6.07 Å². The number of nitrogens with zero attached hydrogens (tertiary/aromatic N) is 3. The van der Waals surface area contributed by atoms with Crippen LogP contribution in [-0.2, 0) is 17.3 Å². The van der Waals surface area contributed by atoms with Crippen LogP contribution in [0.5, 0.6) is 5.75 Å². The minimum atomic E-state index is -4.53. The number of halogens is 3. The van der Waals surface area contributed by atoms with Gasteiger partial charge in [0.1, 0.15) is 5.75 Å². The Balaban J connectivity index is 1.69. The maximum atomic E-state index is 12.9. The third kappa shape index (κ3) is 3.10. The molecule has 2 aliphatic rings. The summed E-state index contributed by atoms with van der Waals surface area (Å²) in [4.78, 5) is 1.95. The third-order valence-corrected chi connectivity index (χ3v) is 5.06. The van der Waals surface area contributed by atoms with Crippen molar-refractivity contribution in [1.82, 2.24) is 10.2 Å². The fourth-order valence-corrected chi connectivity index (χ4v) is 3.74. The summed E-state index contributed by atoms with van der Waals surface area (Å²) >= 11 is 0. The Morgan fingerprint density at radius 3 is 2.59 bits per heavy atom. The largest absolute Gasteiger partial charge is 0.507 e. The summed E-state index contributed by atoms with van der Waals surface area (Å²) in [6, 6.07) is 3.24. The zero-order valence-electron chi connectivity index (χ0n) is 14.5. The number of aliphatic hydroxyl groups is 1. The number of phenols is 1. The quantitative estimate of drug-likeness (QED) is 0.831. The molecule has 1 fully saturated rings. The number of aryl methyl sites for hydroxylation is 1. The van der Waals surface area contributed by atoms with E-state index >= 15 is 0 Å². The van der Waals surface area contributed by atoms with E-state index in [-0.39, 0.29) is 23.8 Å². The summed E-state index contributed by atoms with van der Waals surface area (Å²) < 4.78 is 44.0. The molecule has 1 saturated heterocycles. The first-order valence-corrected chi connectivity index (χ1v) is 8.56. The van der Waals surface area contributed by atoms with Crippen molar-refractivity contribution >= 4 is 5.82 Å². The lowest BCUT2D eigenvalue weighted by molar-refractivity contribution is -0.137. The number of fused-ring (bicyclic) bond motifs is 1. The van der Waals surface area contributed by atoms with E-state index in [9.17, 15) is 23.4 Å². The number of aliphatic hydroxyl groups excluding tert-OH is 1. The fraction of sp³-hybridized carbons (Fsp3) is 0.444. The highest BCUT2D eigenvalue weighted by Gasteiger charge is 2.37. The topological polar surface area (TPSA) is 78.7 Å². The Morgan fingerprint density at radius 1 is 1.19 bits per heavy atom. The van der Waals surface area contributed by atoms with Gasteiger partial charge in [-0.25, -0.2) is 0 Å². The average Bonchev–Trinajstić information content (AvgIpc) is 3.18. The highest BCUT2D eigenvalue weighted by molar-refractivity contribution is 5.73. The van der Waals surface area contributed by atoms with Crippen molar-refractivity contribution in [2.24, 2.45) is 0 Å². The molecule has 0 unspecified atom stereocenters. The van der Waals surface area contributed by atoms with Crippen molar-refractivity contribution < 1.29 is 28.1 Å². The van der Waals surface area contributed by atoms with Crippen LogP contribution in [-0.4, -0.2) is 52.3 Å². The molecule has 0 aliphatic carbocycles. The van der Waals surface area contributed by atoms with Crippen LogP contribution in [0, 0.1) is 6.92 Å². The van der Waals surface area contributed by atoms with Crippen molar-refractivity contribution in [3.8, 4) is 17.0 Å². The van der Waals surface area contributed by atoms with Gasteiger partial charge in [0.2, 0.25) is 0 Å². The SMILES string of the molecule is Cc1cc(C(F)(F)F)cc(O)c1-c1cc2c(nn1)N([C@@H]1COC[C@H]1O)CC2. The second-order valence-electron chi connectivity index (χ2n) is 6.88. The number of aromatic hydroxyl groups is 1. The van der Waals surface area contributed by atoms with Gasteiger partial charge in [-0.1, -0.05) is 0 Å². The highest BCUT2D eigenvalue weighted by atomic mass is 19.4. The van der Waals surface area contributed by atoms with Gasteiger partial charge in [-0.2, -0.15) is 13.2 Å². The lowest BCUT2D eigenvalue weighted by Crippen LogP contribution is -2.42. The minimum Gasteiger partial charge on any atom is -0.507 e. The van der Waals surface area contributed by atoms with E-state index in [1.807, 2.05) is 4.90 Å². The van der Waals surface area contributed by atoms with Crippen molar-refractivity contribution in [1.29, 1.82) is 0 Å². The molecular weight excluding hydrogens is 363 g/mol. The molecular formula is C18H18F3N3O3. The van der Waals surface area contributed by atoms with Gasteiger partial charge in [0.25, 0.3) is 0 Å². The molecule has 0 bridgehead atoms. The molecule has 3 heterocycles. The molecule has 144 valence electrons. The molecule has 4 rings (SSSR count). The molecule has 2 aromatic rings. The second kappa shape index (κ2) is 6.35. The van der Waals surface area contributed by atoms with Gasteiger partial charge in [0.15, 0.2) is 5.82 Å². The summed E-state index contributed by atoms with van der Waals surface area (Å²) in [5, 5.41) is 28.6. The van der Waals surface area contributed by atoms with Gasteiger partial charge >= 0.3 is 6.18 Å². The molecule has 0 amide bonds. The molecule has 2 atom stereocenters. The zero-order valence-corrected chi connectivity index (χ0v) is 14.5. The summed E-state index contributed by atoms with van der Waals surface area (Å²) in [6.07, 6.45) is -4.46. The van der Waals surface area contributed by atoms with Crippen LogP contribution in [0.15, 0.2) is 18.2 Å². The number of alkyl halides is 3. The van der Waals surface area contributed by atoms with E-state index in [4.69, 9.17) is 4.74 Å². The Hall–Kier alpha value is -2.39. The predicted molar refractivity (Wildman–Crippen MR) is 90.5 cm³/mol. The molecule has 1 aromatic heterocycles. The Labute approximate surface area is 153 Å². The van der Waals surface area contributed by atoms with Gasteiger partial charge in [-0.3, -0.25) is 0 Å². The molecule has 1 aromatic carbocycles. The van der Waals surface area contributed by atoms with Crippen LogP contribution in [0.4, 0.5) is 19.0 Å². The number of phenolic OH excluding ortho intramolecular Hbond substituents is 1. The minimum absolute atomic E-state index is 0.187. The van der Waals surface area contributed by atoms with E-state index in [1.165, 1.54) is 6.92 Å². The first-order valence-electron chi connectivity index (χ1n) is 8.56. The van der Waals surface area contributed by atoms with Crippen LogP contribution in [0.2, 0.25) is 0 Å². The summed E-state index contributed by atoms with van der Waals surface area (Å²) in [7, 11) is 0. The fourth-order valence-electron chi connectivity index (χ4n) is 3.74. The molecule has 2 N–H and O–H groups in total. The van der Waals surface area contributed by atoms with Crippen molar-refractivity contribution in [3.05, 3.63) is 34.9 Å². The number of rotatable bonds is 2.